The van der Waals surface area contributed by atoms with Crippen LogP contribution in [0.4, 0.5) is 13.2 Å². The zero-order chi connectivity index (χ0) is 14.5. The van der Waals surface area contributed by atoms with Crippen molar-refractivity contribution in [3.63, 3.8) is 0 Å². The van der Waals surface area contributed by atoms with E-state index in [9.17, 15) is 18.0 Å². The molecule has 1 aromatic carbocycles. The van der Waals surface area contributed by atoms with Gasteiger partial charge < -0.3 is 10.6 Å². The van der Waals surface area contributed by atoms with Crippen LogP contribution >= 0.6 is 11.6 Å². The van der Waals surface area contributed by atoms with Crippen molar-refractivity contribution in [1.82, 2.24) is 10.6 Å². The normalized spacial score (nSPS) is 13.1. The SMILES string of the molecule is C[C@@H](NC(=O)CNCC(F)(F)F)c1cccc(Cl)c1. The van der Waals surface area contributed by atoms with Gasteiger partial charge in [0.25, 0.3) is 0 Å². The van der Waals surface area contributed by atoms with Crippen LogP contribution in [0.15, 0.2) is 24.3 Å². The first-order chi connectivity index (χ1) is 8.78. The highest BCUT2D eigenvalue weighted by Crippen LogP contribution is 2.17. The highest BCUT2D eigenvalue weighted by molar-refractivity contribution is 6.30. The molecule has 0 radical (unpaired) electrons. The summed E-state index contributed by atoms with van der Waals surface area (Å²) in [6.07, 6.45) is -4.32. The van der Waals surface area contributed by atoms with Gasteiger partial charge in [0.2, 0.25) is 5.91 Å². The molecule has 0 unspecified atom stereocenters. The Balaban J connectivity index is 2.40. The smallest absolute Gasteiger partial charge is 0.348 e. The van der Waals surface area contributed by atoms with Crippen LogP contribution in [-0.2, 0) is 4.79 Å². The molecule has 7 heteroatoms. The van der Waals surface area contributed by atoms with Crippen molar-refractivity contribution < 1.29 is 18.0 Å². The Bertz CT molecular complexity index is 437. The topological polar surface area (TPSA) is 41.1 Å². The predicted molar refractivity (Wildman–Crippen MR) is 66.9 cm³/mol. The zero-order valence-electron chi connectivity index (χ0n) is 10.2. The molecule has 0 spiro atoms. The van der Waals surface area contributed by atoms with Crippen LogP contribution in [-0.4, -0.2) is 25.2 Å². The van der Waals surface area contributed by atoms with Crippen molar-refractivity contribution in [2.45, 2.75) is 19.1 Å². The number of hydrogen-bond donors (Lipinski definition) is 2. The Hall–Kier alpha value is -1.27. The first kappa shape index (κ1) is 15.8. The molecular weight excluding hydrogens is 281 g/mol. The second-order valence-corrected chi connectivity index (χ2v) is 4.50. The third-order valence-corrected chi connectivity index (χ3v) is 2.57. The fourth-order valence-electron chi connectivity index (χ4n) is 1.47. The molecule has 19 heavy (non-hydrogen) atoms. The minimum Gasteiger partial charge on any atom is -0.348 e. The van der Waals surface area contributed by atoms with Crippen molar-refractivity contribution in [2.24, 2.45) is 0 Å². The van der Waals surface area contributed by atoms with Gasteiger partial charge in [0.1, 0.15) is 0 Å². The number of amides is 1. The van der Waals surface area contributed by atoms with Gasteiger partial charge in [-0.1, -0.05) is 23.7 Å². The van der Waals surface area contributed by atoms with E-state index in [-0.39, 0.29) is 12.6 Å². The van der Waals surface area contributed by atoms with Gasteiger partial charge in [-0.05, 0) is 24.6 Å². The first-order valence-corrected chi connectivity index (χ1v) is 5.98. The second kappa shape index (κ2) is 6.77. The maximum absolute atomic E-state index is 11.9. The number of carbonyl (C=O) groups excluding carboxylic acids is 1. The summed E-state index contributed by atoms with van der Waals surface area (Å²) in [4.78, 5) is 11.4. The molecule has 0 bridgehead atoms. The maximum atomic E-state index is 11.9. The molecule has 1 rings (SSSR count). The number of nitrogens with one attached hydrogen (secondary N) is 2. The minimum atomic E-state index is -4.32. The summed E-state index contributed by atoms with van der Waals surface area (Å²) in [6.45, 7) is 0.156. The largest absolute Gasteiger partial charge is 0.401 e. The standard InChI is InChI=1S/C12H14ClF3N2O/c1-8(9-3-2-4-10(13)5-9)18-11(19)6-17-7-12(14,15)16/h2-5,8,17H,6-7H2,1H3,(H,18,19)/t8-/m1/s1. The lowest BCUT2D eigenvalue weighted by Crippen LogP contribution is -2.39. The molecule has 2 N–H and O–H groups in total. The van der Waals surface area contributed by atoms with E-state index in [1.165, 1.54) is 0 Å². The molecular formula is C12H14ClF3N2O. The average molecular weight is 295 g/mol. The molecule has 1 atom stereocenters. The van der Waals surface area contributed by atoms with E-state index in [2.05, 4.69) is 5.32 Å². The van der Waals surface area contributed by atoms with E-state index in [0.717, 1.165) is 5.56 Å². The van der Waals surface area contributed by atoms with Gasteiger partial charge >= 0.3 is 6.18 Å². The van der Waals surface area contributed by atoms with Crippen molar-refractivity contribution in [3.8, 4) is 0 Å². The zero-order valence-corrected chi connectivity index (χ0v) is 11.0. The van der Waals surface area contributed by atoms with Gasteiger partial charge in [-0.25, -0.2) is 0 Å². The Morgan fingerprint density at radius 3 is 2.68 bits per heavy atom. The Morgan fingerprint density at radius 2 is 2.11 bits per heavy atom. The van der Waals surface area contributed by atoms with E-state index in [0.29, 0.717) is 5.02 Å². The van der Waals surface area contributed by atoms with E-state index >= 15 is 0 Å². The highest BCUT2D eigenvalue weighted by atomic mass is 35.5. The van der Waals surface area contributed by atoms with Gasteiger partial charge in [0.15, 0.2) is 0 Å². The lowest BCUT2D eigenvalue weighted by molar-refractivity contribution is -0.128. The molecule has 0 aliphatic heterocycles. The molecule has 0 aliphatic rings. The van der Waals surface area contributed by atoms with Crippen molar-refractivity contribution in [1.29, 1.82) is 0 Å². The molecule has 0 saturated carbocycles. The lowest BCUT2D eigenvalue weighted by atomic mass is 10.1. The van der Waals surface area contributed by atoms with Crippen molar-refractivity contribution in [2.75, 3.05) is 13.1 Å². The molecule has 106 valence electrons. The van der Waals surface area contributed by atoms with Crippen molar-refractivity contribution in [3.05, 3.63) is 34.9 Å². The number of hydrogen-bond acceptors (Lipinski definition) is 2. The Morgan fingerprint density at radius 1 is 1.42 bits per heavy atom. The molecule has 0 heterocycles. The molecule has 1 aromatic rings. The van der Waals surface area contributed by atoms with Crippen LogP contribution in [0.2, 0.25) is 5.02 Å². The van der Waals surface area contributed by atoms with E-state index in [4.69, 9.17) is 11.6 Å². The molecule has 3 nitrogen and oxygen atoms in total. The van der Waals surface area contributed by atoms with Crippen LogP contribution in [0.3, 0.4) is 0 Å². The summed E-state index contributed by atoms with van der Waals surface area (Å²) >= 11 is 5.81. The van der Waals surface area contributed by atoms with E-state index in [1.807, 2.05) is 5.32 Å². The van der Waals surface area contributed by atoms with Gasteiger partial charge in [-0.2, -0.15) is 13.2 Å². The Labute approximate surface area is 114 Å². The molecule has 0 saturated heterocycles. The van der Waals surface area contributed by atoms with Gasteiger partial charge in [-0.15, -0.1) is 0 Å². The van der Waals surface area contributed by atoms with Crippen LogP contribution in [0.1, 0.15) is 18.5 Å². The first-order valence-electron chi connectivity index (χ1n) is 5.60. The summed E-state index contributed by atoms with van der Waals surface area (Å²) in [6, 6.07) is 6.58. The predicted octanol–water partition coefficient (Wildman–Crippen LogP) is 2.67. The number of alkyl halides is 3. The number of rotatable bonds is 5. The molecule has 0 fully saturated rings. The fourth-order valence-corrected chi connectivity index (χ4v) is 1.67. The quantitative estimate of drug-likeness (QED) is 0.876. The minimum absolute atomic E-state index is 0.320. The monoisotopic (exact) mass is 294 g/mol. The van der Waals surface area contributed by atoms with Crippen LogP contribution in [0.25, 0.3) is 0 Å². The van der Waals surface area contributed by atoms with E-state index < -0.39 is 18.6 Å². The molecule has 0 aromatic heterocycles. The van der Waals surface area contributed by atoms with Crippen molar-refractivity contribution >= 4 is 17.5 Å². The summed E-state index contributed by atoms with van der Waals surface area (Å²) in [5, 5.41) is 5.15. The fraction of sp³-hybridized carbons (Fsp3) is 0.417. The lowest BCUT2D eigenvalue weighted by Gasteiger charge is -2.15. The van der Waals surface area contributed by atoms with Gasteiger partial charge in [0, 0.05) is 5.02 Å². The number of halogens is 4. The second-order valence-electron chi connectivity index (χ2n) is 4.06. The summed E-state index contributed by atoms with van der Waals surface area (Å²) in [7, 11) is 0. The summed E-state index contributed by atoms with van der Waals surface area (Å²) < 4.78 is 35.6. The number of carbonyl (C=O) groups is 1. The summed E-state index contributed by atoms with van der Waals surface area (Å²) in [5.41, 5.74) is 0.789. The van der Waals surface area contributed by atoms with Crippen LogP contribution < -0.4 is 10.6 Å². The van der Waals surface area contributed by atoms with Crippen LogP contribution in [0, 0.1) is 0 Å². The average Bonchev–Trinajstić information content (AvgIpc) is 2.27. The van der Waals surface area contributed by atoms with Gasteiger partial charge in [-0.3, -0.25) is 4.79 Å². The maximum Gasteiger partial charge on any atom is 0.401 e. The molecule has 0 aliphatic carbocycles. The molecule has 1 amide bonds. The van der Waals surface area contributed by atoms with E-state index in [1.54, 1.807) is 31.2 Å². The third kappa shape index (κ3) is 6.45. The summed E-state index contributed by atoms with van der Waals surface area (Å²) in [5.74, 6) is -0.503. The highest BCUT2D eigenvalue weighted by Gasteiger charge is 2.26. The van der Waals surface area contributed by atoms with Gasteiger partial charge in [0.05, 0.1) is 19.1 Å². The number of benzene rings is 1. The third-order valence-electron chi connectivity index (χ3n) is 2.34. The Kier molecular flexibility index (Phi) is 5.62. The van der Waals surface area contributed by atoms with Crippen LogP contribution in [0.5, 0.6) is 0 Å².